The Morgan fingerprint density at radius 2 is 2.00 bits per heavy atom. The fourth-order valence-electron chi connectivity index (χ4n) is 1.35. The quantitative estimate of drug-likeness (QED) is 0.839. The van der Waals surface area contributed by atoms with E-state index < -0.39 is 10.0 Å². The lowest BCUT2D eigenvalue weighted by molar-refractivity contribution is 0.600. The van der Waals surface area contributed by atoms with E-state index in [1.165, 1.54) is 0 Å². The summed E-state index contributed by atoms with van der Waals surface area (Å²) in [6.45, 7) is 3.89. The molecule has 84 valence electrons. The van der Waals surface area contributed by atoms with Crippen LogP contribution in [-0.4, -0.2) is 14.2 Å². The van der Waals surface area contributed by atoms with Crippen LogP contribution in [0.25, 0.3) is 0 Å². The summed E-state index contributed by atoms with van der Waals surface area (Å²) in [7, 11) is -3.16. The van der Waals surface area contributed by atoms with Crippen LogP contribution in [-0.2, 0) is 16.4 Å². The molecule has 0 heterocycles. The lowest BCUT2D eigenvalue weighted by Crippen LogP contribution is -2.16. The van der Waals surface area contributed by atoms with Gasteiger partial charge in [0.25, 0.3) is 0 Å². The van der Waals surface area contributed by atoms with E-state index in [1.54, 1.807) is 6.07 Å². The van der Waals surface area contributed by atoms with Crippen LogP contribution >= 0.6 is 0 Å². The number of nitrogens with one attached hydrogen (secondary N) is 1. The molecule has 0 aromatic heterocycles. The summed E-state index contributed by atoms with van der Waals surface area (Å²) in [5.41, 5.74) is 1.79. The maximum absolute atomic E-state index is 11.5. The van der Waals surface area contributed by atoms with Crippen molar-refractivity contribution in [3.63, 3.8) is 0 Å². The first-order valence-electron chi connectivity index (χ1n) is 5.17. The molecular formula is C11H17NO2S. The highest BCUT2D eigenvalue weighted by Crippen LogP contribution is 2.13. The molecule has 0 atom stereocenters. The molecule has 3 nitrogen and oxygen atoms in total. The van der Waals surface area contributed by atoms with E-state index >= 15 is 0 Å². The molecule has 1 aromatic rings. The van der Waals surface area contributed by atoms with Gasteiger partial charge in [0.15, 0.2) is 0 Å². The lowest BCUT2D eigenvalue weighted by Gasteiger charge is -2.07. The van der Waals surface area contributed by atoms with Gasteiger partial charge in [0.05, 0.1) is 5.75 Å². The highest BCUT2D eigenvalue weighted by molar-refractivity contribution is 7.92. The van der Waals surface area contributed by atoms with Gasteiger partial charge >= 0.3 is 0 Å². The van der Waals surface area contributed by atoms with Crippen LogP contribution in [0, 0.1) is 0 Å². The normalized spacial score (nSPS) is 11.3. The molecule has 0 spiro atoms. The average molecular weight is 227 g/mol. The molecule has 1 N–H and O–H groups in total. The van der Waals surface area contributed by atoms with E-state index in [9.17, 15) is 8.42 Å². The molecule has 0 saturated heterocycles. The number of aryl methyl sites for hydroxylation is 1. The molecule has 0 aliphatic carbocycles. The van der Waals surface area contributed by atoms with Crippen LogP contribution in [0.15, 0.2) is 24.3 Å². The predicted molar refractivity (Wildman–Crippen MR) is 63.5 cm³/mol. The third kappa shape index (κ3) is 3.91. The Balaban J connectivity index is 2.80. The summed E-state index contributed by atoms with van der Waals surface area (Å²) in [5.74, 6) is 0.170. The molecule has 1 aromatic carbocycles. The largest absolute Gasteiger partial charge is 0.284 e. The summed E-state index contributed by atoms with van der Waals surface area (Å²) in [5, 5.41) is 0. The van der Waals surface area contributed by atoms with Crippen LogP contribution < -0.4 is 4.72 Å². The molecular weight excluding hydrogens is 210 g/mol. The number of sulfonamides is 1. The fourth-order valence-corrected chi connectivity index (χ4v) is 2.48. The van der Waals surface area contributed by atoms with Gasteiger partial charge in [0, 0.05) is 5.69 Å². The van der Waals surface area contributed by atoms with E-state index in [-0.39, 0.29) is 5.75 Å². The first kappa shape index (κ1) is 12.0. The van der Waals surface area contributed by atoms with Crippen molar-refractivity contribution in [1.29, 1.82) is 0 Å². The number of rotatable bonds is 5. The van der Waals surface area contributed by atoms with E-state index in [4.69, 9.17) is 0 Å². The van der Waals surface area contributed by atoms with Crippen molar-refractivity contribution in [1.82, 2.24) is 0 Å². The van der Waals surface area contributed by atoms with Gasteiger partial charge in [-0.15, -0.1) is 0 Å². The molecule has 0 radical (unpaired) electrons. The van der Waals surface area contributed by atoms with Crippen molar-refractivity contribution in [3.8, 4) is 0 Å². The zero-order chi connectivity index (χ0) is 11.3. The Labute approximate surface area is 91.6 Å². The molecule has 4 heteroatoms. The highest BCUT2D eigenvalue weighted by atomic mass is 32.2. The van der Waals surface area contributed by atoms with Gasteiger partial charge in [-0.1, -0.05) is 26.0 Å². The summed E-state index contributed by atoms with van der Waals surface area (Å²) in [6.07, 6.45) is 1.53. The zero-order valence-electron chi connectivity index (χ0n) is 9.16. The summed E-state index contributed by atoms with van der Waals surface area (Å²) in [4.78, 5) is 0. The highest BCUT2D eigenvalue weighted by Gasteiger charge is 2.08. The minimum Gasteiger partial charge on any atom is -0.284 e. The minimum absolute atomic E-state index is 0.170. The van der Waals surface area contributed by atoms with E-state index in [0.717, 1.165) is 12.0 Å². The van der Waals surface area contributed by atoms with E-state index in [2.05, 4.69) is 4.72 Å². The van der Waals surface area contributed by atoms with Crippen molar-refractivity contribution >= 4 is 15.7 Å². The third-order valence-corrected chi connectivity index (χ3v) is 3.57. The first-order chi connectivity index (χ1) is 7.07. The molecule has 0 aliphatic heterocycles. The maximum atomic E-state index is 11.5. The zero-order valence-corrected chi connectivity index (χ0v) is 9.97. The fraction of sp³-hybridized carbons (Fsp3) is 0.455. The number of anilines is 1. The third-order valence-electron chi connectivity index (χ3n) is 2.08. The van der Waals surface area contributed by atoms with Gasteiger partial charge in [0.1, 0.15) is 0 Å². The van der Waals surface area contributed by atoms with Crippen molar-refractivity contribution in [2.75, 3.05) is 10.5 Å². The number of benzene rings is 1. The van der Waals surface area contributed by atoms with Gasteiger partial charge in [-0.3, -0.25) is 4.72 Å². The van der Waals surface area contributed by atoms with Crippen molar-refractivity contribution in [2.24, 2.45) is 0 Å². The van der Waals surface area contributed by atoms with Crippen LogP contribution in [0.5, 0.6) is 0 Å². The molecule has 0 fully saturated rings. The first-order valence-corrected chi connectivity index (χ1v) is 6.82. The standard InChI is InChI=1S/C11H17NO2S/c1-3-8-15(13,14)12-11-7-5-6-10(4-2)9-11/h5-7,9,12H,3-4,8H2,1-2H3. The van der Waals surface area contributed by atoms with Crippen LogP contribution in [0.3, 0.4) is 0 Å². The van der Waals surface area contributed by atoms with Crippen LogP contribution in [0.1, 0.15) is 25.8 Å². The Morgan fingerprint density at radius 1 is 1.27 bits per heavy atom. The maximum Gasteiger partial charge on any atom is 0.232 e. The molecule has 0 amide bonds. The lowest BCUT2D eigenvalue weighted by atomic mass is 10.1. The molecule has 0 bridgehead atoms. The second-order valence-corrected chi connectivity index (χ2v) is 5.32. The topological polar surface area (TPSA) is 46.2 Å². The van der Waals surface area contributed by atoms with Crippen molar-refractivity contribution in [2.45, 2.75) is 26.7 Å². The van der Waals surface area contributed by atoms with Gasteiger partial charge in [-0.05, 0) is 30.5 Å². The van der Waals surface area contributed by atoms with Gasteiger partial charge in [-0.25, -0.2) is 8.42 Å². The monoisotopic (exact) mass is 227 g/mol. The second kappa shape index (κ2) is 5.16. The van der Waals surface area contributed by atoms with Gasteiger partial charge in [0.2, 0.25) is 10.0 Å². The number of hydrogen-bond acceptors (Lipinski definition) is 2. The van der Waals surface area contributed by atoms with Crippen molar-refractivity contribution < 1.29 is 8.42 Å². The number of hydrogen-bond donors (Lipinski definition) is 1. The molecule has 0 saturated carbocycles. The SMILES string of the molecule is CCCS(=O)(=O)Nc1cccc(CC)c1. The van der Waals surface area contributed by atoms with Gasteiger partial charge < -0.3 is 0 Å². The van der Waals surface area contributed by atoms with Crippen molar-refractivity contribution in [3.05, 3.63) is 29.8 Å². The molecule has 1 rings (SSSR count). The molecule has 0 aliphatic rings. The Bertz CT molecular complexity index is 412. The van der Waals surface area contributed by atoms with E-state index in [0.29, 0.717) is 12.1 Å². The Hall–Kier alpha value is -1.03. The predicted octanol–water partition coefficient (Wildman–Crippen LogP) is 2.40. The summed E-state index contributed by atoms with van der Waals surface area (Å²) < 4.78 is 25.5. The Kier molecular flexibility index (Phi) is 4.15. The van der Waals surface area contributed by atoms with Gasteiger partial charge in [-0.2, -0.15) is 0 Å². The second-order valence-electron chi connectivity index (χ2n) is 3.47. The molecule has 0 unspecified atom stereocenters. The summed E-state index contributed by atoms with van der Waals surface area (Å²) >= 11 is 0. The Morgan fingerprint density at radius 3 is 2.60 bits per heavy atom. The molecule has 15 heavy (non-hydrogen) atoms. The van der Waals surface area contributed by atoms with Crippen LogP contribution in [0.4, 0.5) is 5.69 Å². The van der Waals surface area contributed by atoms with Crippen LogP contribution in [0.2, 0.25) is 0 Å². The smallest absolute Gasteiger partial charge is 0.232 e. The average Bonchev–Trinajstić information content (AvgIpc) is 2.17. The van der Waals surface area contributed by atoms with E-state index in [1.807, 2.05) is 32.0 Å². The summed E-state index contributed by atoms with van der Waals surface area (Å²) in [6, 6.07) is 7.49. The minimum atomic E-state index is -3.16.